The molecule has 0 spiro atoms. The number of hydrogen-bond acceptors (Lipinski definition) is 3. The van der Waals surface area contributed by atoms with E-state index in [-0.39, 0.29) is 37.7 Å². The van der Waals surface area contributed by atoms with Crippen molar-refractivity contribution in [2.45, 2.75) is 0 Å². The molecule has 0 aliphatic carbocycles. The molecule has 76 valence electrons. The molecule has 0 aliphatic rings. The number of rotatable bonds is 2. The van der Waals surface area contributed by atoms with Gasteiger partial charge in [0.1, 0.15) is 5.75 Å². The van der Waals surface area contributed by atoms with Crippen molar-refractivity contribution in [2.75, 3.05) is 0 Å². The molecular formula is C10H10CaO3S. The first-order chi connectivity index (χ1) is 6.77. The second-order valence-electron chi connectivity index (χ2n) is 2.79. The van der Waals surface area contributed by atoms with Crippen molar-refractivity contribution < 1.29 is 12.6 Å². The zero-order chi connectivity index (χ0) is 9.97. The van der Waals surface area contributed by atoms with Gasteiger partial charge in [-0.2, -0.15) is 8.42 Å². The van der Waals surface area contributed by atoms with E-state index in [0.29, 0.717) is 5.75 Å². The van der Waals surface area contributed by atoms with Crippen LogP contribution in [0.3, 0.4) is 0 Å². The molecule has 0 amide bonds. The summed E-state index contributed by atoms with van der Waals surface area (Å²) in [6.45, 7) is 0. The van der Waals surface area contributed by atoms with Crippen molar-refractivity contribution in [3.05, 3.63) is 42.5 Å². The quantitative estimate of drug-likeness (QED) is 0.634. The van der Waals surface area contributed by atoms with Crippen molar-refractivity contribution in [1.29, 1.82) is 0 Å². The Kier molecular flexibility index (Phi) is 4.86. The fraction of sp³-hybridized carbons (Fsp3) is 0. The third-order valence-corrected chi connectivity index (χ3v) is 2.27. The molecule has 0 saturated carbocycles. The molecule has 0 radical (unpaired) electrons. The fourth-order valence-electron chi connectivity index (χ4n) is 1.36. The van der Waals surface area contributed by atoms with Gasteiger partial charge in [-0.1, -0.05) is 36.4 Å². The van der Waals surface area contributed by atoms with Gasteiger partial charge in [0.25, 0.3) is 11.0 Å². The molecular weight excluding hydrogens is 240 g/mol. The van der Waals surface area contributed by atoms with Gasteiger partial charge in [-0.3, -0.25) is 0 Å². The van der Waals surface area contributed by atoms with Gasteiger partial charge in [-0.05, 0) is 11.5 Å². The first-order valence-corrected chi connectivity index (χ1v) is 5.17. The van der Waals surface area contributed by atoms with Gasteiger partial charge in [0.2, 0.25) is 0 Å². The summed E-state index contributed by atoms with van der Waals surface area (Å²) in [6.07, 6.45) is 0. The second-order valence-corrected chi connectivity index (χ2v) is 3.42. The van der Waals surface area contributed by atoms with Gasteiger partial charge < -0.3 is 4.18 Å². The van der Waals surface area contributed by atoms with Gasteiger partial charge in [0.05, 0.1) is 0 Å². The van der Waals surface area contributed by atoms with Crippen molar-refractivity contribution in [2.24, 2.45) is 0 Å². The molecule has 2 aromatic carbocycles. The Hall–Kier alpha value is -0.290. The molecule has 3 nitrogen and oxygen atoms in total. The molecule has 2 rings (SSSR count). The van der Waals surface area contributed by atoms with Crippen LogP contribution in [0.5, 0.6) is 5.75 Å². The molecule has 0 atom stereocenters. The van der Waals surface area contributed by atoms with E-state index in [9.17, 15) is 8.42 Å². The zero-order valence-corrected chi connectivity index (χ0v) is 8.11. The van der Waals surface area contributed by atoms with Gasteiger partial charge >= 0.3 is 37.7 Å². The monoisotopic (exact) mass is 250 g/mol. The van der Waals surface area contributed by atoms with Gasteiger partial charge in [-0.15, -0.1) is 0 Å². The van der Waals surface area contributed by atoms with Crippen LogP contribution in [0.25, 0.3) is 10.8 Å². The minimum atomic E-state index is -2.85. The average Bonchev–Trinajstić information content (AvgIpc) is 2.18. The van der Waals surface area contributed by atoms with E-state index in [1.54, 1.807) is 12.1 Å². The van der Waals surface area contributed by atoms with E-state index >= 15 is 0 Å². The summed E-state index contributed by atoms with van der Waals surface area (Å²) in [5, 5.41) is 1.76. The molecule has 5 heteroatoms. The number of benzene rings is 2. The molecule has 0 aliphatic heterocycles. The predicted molar refractivity (Wildman–Crippen MR) is 63.4 cm³/mol. The topological polar surface area (TPSA) is 43.4 Å². The summed E-state index contributed by atoms with van der Waals surface area (Å²) in [6, 6.07) is 12.8. The van der Waals surface area contributed by atoms with Crippen LogP contribution in [0.2, 0.25) is 0 Å². The van der Waals surface area contributed by atoms with Crippen LogP contribution in [-0.2, 0) is 11.0 Å². The number of fused-ring (bicyclic) bond motifs is 1. The molecule has 0 fully saturated rings. The Morgan fingerprint density at radius 2 is 1.60 bits per heavy atom. The maximum absolute atomic E-state index is 10.4. The summed E-state index contributed by atoms with van der Waals surface area (Å²) >= 11 is 0. The summed E-state index contributed by atoms with van der Waals surface area (Å²) in [4.78, 5) is 0. The van der Waals surface area contributed by atoms with Gasteiger partial charge in [-0.25, -0.2) is 0 Å². The van der Waals surface area contributed by atoms with E-state index in [1.807, 2.05) is 30.3 Å². The summed E-state index contributed by atoms with van der Waals surface area (Å²) in [5.41, 5.74) is 0. The molecule has 2 aromatic rings. The van der Waals surface area contributed by atoms with E-state index in [0.717, 1.165) is 10.8 Å². The van der Waals surface area contributed by atoms with Crippen LogP contribution < -0.4 is 4.18 Å². The van der Waals surface area contributed by atoms with Crippen LogP contribution in [0.4, 0.5) is 0 Å². The maximum atomic E-state index is 10.4. The third kappa shape index (κ3) is 3.08. The van der Waals surface area contributed by atoms with Crippen LogP contribution in [0.1, 0.15) is 0 Å². The first kappa shape index (κ1) is 12.8. The molecule has 0 aromatic heterocycles. The SMILES string of the molecule is O=[SH](=O)Oc1cccc2ccccc12.[CaH2]. The Bertz CT molecular complexity index is 524. The van der Waals surface area contributed by atoms with Crippen LogP contribution in [-0.4, -0.2) is 46.2 Å². The molecule has 0 saturated heterocycles. The Morgan fingerprint density at radius 1 is 0.933 bits per heavy atom. The minimum absolute atomic E-state index is 0. The summed E-state index contributed by atoms with van der Waals surface area (Å²) in [5.74, 6) is 0.374. The van der Waals surface area contributed by atoms with Crippen LogP contribution >= 0.6 is 0 Å². The van der Waals surface area contributed by atoms with Gasteiger partial charge in [0.15, 0.2) is 0 Å². The Balaban J connectivity index is 0.00000112. The van der Waals surface area contributed by atoms with Crippen molar-refractivity contribution >= 4 is 59.5 Å². The zero-order valence-electron chi connectivity index (χ0n) is 7.21. The summed E-state index contributed by atoms with van der Waals surface area (Å²) < 4.78 is 25.5. The van der Waals surface area contributed by atoms with E-state index in [1.165, 1.54) is 0 Å². The molecule has 15 heavy (non-hydrogen) atoms. The van der Waals surface area contributed by atoms with E-state index in [4.69, 9.17) is 0 Å². The number of hydrogen-bond donors (Lipinski definition) is 1. The predicted octanol–water partition coefficient (Wildman–Crippen LogP) is 0.829. The first-order valence-electron chi connectivity index (χ1n) is 4.07. The molecule has 0 bridgehead atoms. The van der Waals surface area contributed by atoms with Crippen molar-refractivity contribution in [3.8, 4) is 5.75 Å². The van der Waals surface area contributed by atoms with Crippen molar-refractivity contribution in [3.63, 3.8) is 0 Å². The Labute approximate surface area is 119 Å². The second kappa shape index (κ2) is 5.70. The van der Waals surface area contributed by atoms with E-state index < -0.39 is 11.0 Å². The molecule has 0 heterocycles. The normalized spacial score (nSPS) is 9.93. The van der Waals surface area contributed by atoms with Crippen molar-refractivity contribution in [1.82, 2.24) is 0 Å². The average molecular weight is 250 g/mol. The van der Waals surface area contributed by atoms with Crippen LogP contribution in [0, 0.1) is 0 Å². The van der Waals surface area contributed by atoms with Crippen LogP contribution in [0.15, 0.2) is 42.5 Å². The Morgan fingerprint density at radius 3 is 2.33 bits per heavy atom. The number of thiol groups is 1. The van der Waals surface area contributed by atoms with Gasteiger partial charge in [0, 0.05) is 5.39 Å². The summed E-state index contributed by atoms with van der Waals surface area (Å²) in [7, 11) is -2.85. The molecule has 0 N–H and O–H groups in total. The standard InChI is InChI=1S/C10H8O3S.Ca.2H/c11-14(12)13-10-7-3-5-8-4-1-2-6-9(8)10;;;/h1-7,14H;;;. The third-order valence-electron chi connectivity index (χ3n) is 1.92. The fourth-order valence-corrected chi connectivity index (χ4v) is 1.68. The molecule has 0 unspecified atom stereocenters. The van der Waals surface area contributed by atoms with E-state index in [2.05, 4.69) is 4.18 Å².